The molecule has 1 N–H and O–H groups in total. The third-order valence-electron chi connectivity index (χ3n) is 1.63. The molecule has 0 saturated carbocycles. The first-order chi connectivity index (χ1) is 6.22. The predicted molar refractivity (Wildman–Crippen MR) is 48.6 cm³/mol. The third kappa shape index (κ3) is 3.15. The van der Waals surface area contributed by atoms with E-state index in [-0.39, 0.29) is 6.42 Å². The molecule has 0 aromatic heterocycles. The van der Waals surface area contributed by atoms with Crippen LogP contribution < -0.4 is 4.74 Å². The molecule has 0 aliphatic rings. The molecular formula is C10H11O3. The maximum absolute atomic E-state index is 10.2. The summed E-state index contributed by atoms with van der Waals surface area (Å²) >= 11 is 0. The number of aliphatic carboxylic acids is 1. The highest BCUT2D eigenvalue weighted by Gasteiger charge is 1.99. The van der Waals surface area contributed by atoms with Crippen LogP contribution in [0.2, 0.25) is 0 Å². The van der Waals surface area contributed by atoms with E-state index in [1.807, 2.05) is 12.1 Å². The lowest BCUT2D eigenvalue weighted by molar-refractivity contribution is -0.136. The van der Waals surface area contributed by atoms with E-state index in [2.05, 4.69) is 0 Å². The molecule has 0 saturated heterocycles. The van der Waals surface area contributed by atoms with Crippen molar-refractivity contribution < 1.29 is 14.6 Å². The van der Waals surface area contributed by atoms with Crippen LogP contribution in [0.5, 0.6) is 5.75 Å². The van der Waals surface area contributed by atoms with Gasteiger partial charge in [0.25, 0.3) is 0 Å². The summed E-state index contributed by atoms with van der Waals surface area (Å²) in [6.45, 7) is 0. The van der Waals surface area contributed by atoms with Crippen LogP contribution in [0.25, 0.3) is 0 Å². The fraction of sp³-hybridized carbons (Fsp3) is 0.200. The van der Waals surface area contributed by atoms with Gasteiger partial charge in [-0.3, -0.25) is 4.79 Å². The summed E-state index contributed by atoms with van der Waals surface area (Å²) in [5.74, 6) is -0.0525. The molecule has 13 heavy (non-hydrogen) atoms. The van der Waals surface area contributed by atoms with Crippen LogP contribution in [0.1, 0.15) is 12.0 Å². The Morgan fingerprint density at radius 2 is 2.08 bits per heavy atom. The van der Waals surface area contributed by atoms with E-state index < -0.39 is 5.97 Å². The van der Waals surface area contributed by atoms with Crippen molar-refractivity contribution in [3.63, 3.8) is 0 Å². The number of benzene rings is 1. The van der Waals surface area contributed by atoms with E-state index >= 15 is 0 Å². The normalized spacial score (nSPS) is 9.62. The average molecular weight is 179 g/mol. The van der Waals surface area contributed by atoms with Crippen LogP contribution in [-0.4, -0.2) is 18.2 Å². The van der Waals surface area contributed by atoms with Crippen molar-refractivity contribution in [2.45, 2.75) is 6.42 Å². The van der Waals surface area contributed by atoms with Crippen molar-refractivity contribution >= 4 is 5.97 Å². The maximum Gasteiger partial charge on any atom is 0.303 e. The van der Waals surface area contributed by atoms with Gasteiger partial charge in [0.2, 0.25) is 0 Å². The zero-order valence-corrected chi connectivity index (χ0v) is 7.36. The van der Waals surface area contributed by atoms with E-state index in [4.69, 9.17) is 9.84 Å². The molecule has 3 heteroatoms. The molecule has 1 radical (unpaired) electrons. The lowest BCUT2D eigenvalue weighted by Crippen LogP contribution is -1.95. The van der Waals surface area contributed by atoms with Gasteiger partial charge in [0.05, 0.1) is 13.5 Å². The second-order valence-electron chi connectivity index (χ2n) is 2.58. The molecule has 0 aliphatic carbocycles. The summed E-state index contributed by atoms with van der Waals surface area (Å²) in [5.41, 5.74) is 0.892. The van der Waals surface area contributed by atoms with Gasteiger partial charge in [-0.1, -0.05) is 12.1 Å². The molecule has 69 valence electrons. The number of carboxylic acids is 1. The first-order valence-electron chi connectivity index (χ1n) is 3.91. The summed E-state index contributed by atoms with van der Waals surface area (Å²) in [4.78, 5) is 10.2. The molecule has 3 nitrogen and oxygen atoms in total. The Hall–Kier alpha value is -1.51. The molecule has 0 bridgehead atoms. The molecular weight excluding hydrogens is 168 g/mol. The summed E-state index contributed by atoms with van der Waals surface area (Å²) < 4.78 is 4.96. The molecule has 1 aromatic rings. The van der Waals surface area contributed by atoms with Crippen LogP contribution in [0.4, 0.5) is 0 Å². The second kappa shape index (κ2) is 4.50. The van der Waals surface area contributed by atoms with Gasteiger partial charge in [0.1, 0.15) is 5.75 Å². The van der Waals surface area contributed by atoms with E-state index in [9.17, 15) is 4.79 Å². The minimum Gasteiger partial charge on any atom is -0.497 e. The maximum atomic E-state index is 10.2. The fourth-order valence-electron chi connectivity index (χ4n) is 0.945. The zero-order valence-electron chi connectivity index (χ0n) is 7.36. The second-order valence-corrected chi connectivity index (χ2v) is 2.58. The van der Waals surface area contributed by atoms with Gasteiger partial charge >= 0.3 is 5.97 Å². The molecule has 1 rings (SSSR count). The van der Waals surface area contributed by atoms with Crippen molar-refractivity contribution in [1.29, 1.82) is 0 Å². The fourth-order valence-corrected chi connectivity index (χ4v) is 0.945. The first kappa shape index (κ1) is 9.58. The largest absolute Gasteiger partial charge is 0.497 e. The quantitative estimate of drug-likeness (QED) is 0.765. The summed E-state index contributed by atoms with van der Waals surface area (Å²) in [6.07, 6.45) is 1.70. The Morgan fingerprint density at radius 1 is 1.46 bits per heavy atom. The van der Waals surface area contributed by atoms with Crippen LogP contribution >= 0.6 is 0 Å². The summed E-state index contributed by atoms with van der Waals surface area (Å²) in [6, 6.07) is 7.24. The van der Waals surface area contributed by atoms with Gasteiger partial charge in [-0.15, -0.1) is 0 Å². The molecule has 0 unspecified atom stereocenters. The molecule has 0 aliphatic heterocycles. The van der Waals surface area contributed by atoms with Crippen molar-refractivity contribution in [3.05, 3.63) is 36.2 Å². The number of carbonyl (C=O) groups is 1. The first-order valence-corrected chi connectivity index (χ1v) is 3.91. The Balaban J connectivity index is 2.54. The molecule has 0 fully saturated rings. The molecule has 0 heterocycles. The molecule has 0 amide bonds. The number of hydrogen-bond donors (Lipinski definition) is 1. The standard InChI is InChI=1S/C10H11O3/c1-13-9-5-2-8(3-6-9)4-7-10(11)12/h2-6H,7H2,1H3,(H,11,12). The molecule has 1 aromatic carbocycles. The summed E-state index contributed by atoms with van der Waals surface area (Å²) in [7, 11) is 1.59. The van der Waals surface area contributed by atoms with Gasteiger partial charge in [-0.2, -0.15) is 0 Å². The molecule has 0 spiro atoms. The highest BCUT2D eigenvalue weighted by atomic mass is 16.5. The number of ether oxygens (including phenoxy) is 1. The number of rotatable bonds is 4. The Morgan fingerprint density at radius 3 is 2.54 bits per heavy atom. The Kier molecular flexibility index (Phi) is 3.31. The SMILES string of the molecule is COc1ccc([CH]CC(=O)O)cc1. The van der Waals surface area contributed by atoms with E-state index in [1.54, 1.807) is 25.7 Å². The highest BCUT2D eigenvalue weighted by Crippen LogP contribution is 2.13. The average Bonchev–Trinajstić information content (AvgIpc) is 2.15. The number of hydrogen-bond acceptors (Lipinski definition) is 2. The van der Waals surface area contributed by atoms with Crippen LogP contribution in [-0.2, 0) is 4.79 Å². The topological polar surface area (TPSA) is 46.5 Å². The van der Waals surface area contributed by atoms with E-state index in [1.165, 1.54) is 0 Å². The van der Waals surface area contributed by atoms with Crippen LogP contribution in [0.3, 0.4) is 0 Å². The van der Waals surface area contributed by atoms with Gasteiger partial charge in [-0.05, 0) is 17.7 Å². The van der Waals surface area contributed by atoms with Gasteiger partial charge < -0.3 is 9.84 Å². The lowest BCUT2D eigenvalue weighted by Gasteiger charge is -2.00. The van der Waals surface area contributed by atoms with E-state index in [0.717, 1.165) is 11.3 Å². The van der Waals surface area contributed by atoms with Crippen molar-refractivity contribution in [2.24, 2.45) is 0 Å². The zero-order chi connectivity index (χ0) is 9.68. The van der Waals surface area contributed by atoms with Crippen molar-refractivity contribution in [3.8, 4) is 5.75 Å². The minimum atomic E-state index is -0.823. The lowest BCUT2D eigenvalue weighted by atomic mass is 10.1. The van der Waals surface area contributed by atoms with Crippen molar-refractivity contribution in [2.75, 3.05) is 7.11 Å². The number of methoxy groups -OCH3 is 1. The summed E-state index contributed by atoms with van der Waals surface area (Å²) in [5, 5.41) is 8.42. The van der Waals surface area contributed by atoms with Gasteiger partial charge in [-0.25, -0.2) is 0 Å². The predicted octanol–water partition coefficient (Wildman–Crippen LogP) is 1.72. The Labute approximate surface area is 77.0 Å². The van der Waals surface area contributed by atoms with Crippen molar-refractivity contribution in [1.82, 2.24) is 0 Å². The minimum absolute atomic E-state index is 0.0479. The third-order valence-corrected chi connectivity index (χ3v) is 1.63. The molecule has 0 atom stereocenters. The van der Waals surface area contributed by atoms with E-state index in [0.29, 0.717) is 0 Å². The van der Waals surface area contributed by atoms with Crippen LogP contribution in [0.15, 0.2) is 24.3 Å². The smallest absolute Gasteiger partial charge is 0.303 e. The van der Waals surface area contributed by atoms with Crippen LogP contribution in [0, 0.1) is 6.42 Å². The monoisotopic (exact) mass is 179 g/mol. The van der Waals surface area contributed by atoms with Gasteiger partial charge in [0.15, 0.2) is 0 Å². The Bertz CT molecular complexity index is 277. The van der Waals surface area contributed by atoms with Gasteiger partial charge in [0, 0.05) is 6.42 Å². The number of carboxylic acid groups (broad SMARTS) is 1. The highest BCUT2D eigenvalue weighted by molar-refractivity contribution is 5.69.